The molecule has 1 aliphatic heterocycles. The topological polar surface area (TPSA) is 93.2 Å². The molecule has 0 aliphatic carbocycles. The van der Waals surface area contributed by atoms with Gasteiger partial charge in [-0.25, -0.2) is 4.79 Å². The predicted octanol–water partition coefficient (Wildman–Crippen LogP) is 1.56. The van der Waals surface area contributed by atoms with Gasteiger partial charge in [0.25, 0.3) is 5.91 Å². The molecule has 0 radical (unpaired) electrons. The molecule has 3 heterocycles. The maximum atomic E-state index is 12.8. The number of carboxylic acid groups (broad SMARTS) is 1. The second-order valence-corrected chi connectivity index (χ2v) is 6.20. The summed E-state index contributed by atoms with van der Waals surface area (Å²) in [6.07, 6.45) is 3.98. The van der Waals surface area contributed by atoms with Crippen molar-refractivity contribution in [1.29, 1.82) is 0 Å². The largest absolute Gasteiger partial charge is 0.478 e. The van der Waals surface area contributed by atoms with E-state index in [1.165, 1.54) is 10.9 Å². The molecule has 0 spiro atoms. The van der Waals surface area contributed by atoms with Crippen molar-refractivity contribution in [2.45, 2.75) is 12.5 Å². The highest BCUT2D eigenvalue weighted by molar-refractivity contribution is 6.03. The first-order valence-corrected chi connectivity index (χ1v) is 8.03. The van der Waals surface area contributed by atoms with Crippen molar-refractivity contribution >= 4 is 22.8 Å². The van der Waals surface area contributed by atoms with E-state index in [0.717, 1.165) is 17.3 Å². The third-order valence-electron chi connectivity index (χ3n) is 4.63. The monoisotopic (exact) mass is 339 g/mol. The van der Waals surface area contributed by atoms with E-state index in [-0.39, 0.29) is 23.2 Å². The number of aryl methyl sites for hydroxylation is 1. The maximum Gasteiger partial charge on any atom is 0.339 e. The molecule has 0 saturated carbocycles. The minimum absolute atomic E-state index is 0.0687. The van der Waals surface area contributed by atoms with Crippen molar-refractivity contribution in [1.82, 2.24) is 24.5 Å². The van der Waals surface area contributed by atoms with Crippen LogP contribution in [-0.2, 0) is 7.05 Å². The van der Waals surface area contributed by atoms with Gasteiger partial charge in [-0.1, -0.05) is 18.2 Å². The molecule has 1 aromatic carbocycles. The molecule has 1 aliphatic rings. The Kier molecular flexibility index (Phi) is 3.52. The zero-order valence-electron chi connectivity index (χ0n) is 13.7. The molecule has 1 amide bonds. The Hall–Kier alpha value is -3.16. The molecule has 8 nitrogen and oxygen atoms in total. The lowest BCUT2D eigenvalue weighted by Gasteiger charge is -2.17. The maximum absolute atomic E-state index is 12.8. The van der Waals surface area contributed by atoms with E-state index >= 15 is 0 Å². The van der Waals surface area contributed by atoms with Crippen LogP contribution in [0.3, 0.4) is 0 Å². The lowest BCUT2D eigenvalue weighted by Crippen LogP contribution is -2.32. The van der Waals surface area contributed by atoms with Gasteiger partial charge in [-0.15, -0.1) is 0 Å². The molecular formula is C17H17N5O3. The lowest BCUT2D eigenvalue weighted by molar-refractivity contribution is 0.0678. The van der Waals surface area contributed by atoms with Crippen LogP contribution in [0.2, 0.25) is 0 Å². The number of aromatic carboxylic acids is 1. The average molecular weight is 339 g/mol. The summed E-state index contributed by atoms with van der Waals surface area (Å²) in [5.41, 5.74) is 0.964. The highest BCUT2D eigenvalue weighted by Crippen LogP contribution is 2.25. The first-order valence-electron chi connectivity index (χ1n) is 8.03. The second kappa shape index (κ2) is 5.73. The van der Waals surface area contributed by atoms with Gasteiger partial charge in [0.05, 0.1) is 17.8 Å². The molecule has 1 unspecified atom stereocenters. The summed E-state index contributed by atoms with van der Waals surface area (Å²) in [5.74, 6) is -1.46. The van der Waals surface area contributed by atoms with Gasteiger partial charge < -0.3 is 10.0 Å². The summed E-state index contributed by atoms with van der Waals surface area (Å²) in [6, 6.07) is 7.95. The van der Waals surface area contributed by atoms with E-state index in [9.17, 15) is 14.7 Å². The average Bonchev–Trinajstić information content (AvgIpc) is 3.31. The highest BCUT2D eigenvalue weighted by Gasteiger charge is 2.32. The Labute approximate surface area is 143 Å². The van der Waals surface area contributed by atoms with Crippen LogP contribution >= 0.6 is 0 Å². The number of hydrogen-bond donors (Lipinski definition) is 1. The number of carbonyl (C=O) groups excluding carboxylic acids is 1. The molecule has 4 rings (SSSR count). The van der Waals surface area contributed by atoms with Crippen molar-refractivity contribution in [2.75, 3.05) is 13.1 Å². The minimum atomic E-state index is -1.15. The summed E-state index contributed by atoms with van der Waals surface area (Å²) < 4.78 is 3.22. The quantitative estimate of drug-likeness (QED) is 0.781. The minimum Gasteiger partial charge on any atom is -0.478 e. The van der Waals surface area contributed by atoms with Crippen molar-refractivity contribution in [3.63, 3.8) is 0 Å². The fourth-order valence-corrected chi connectivity index (χ4v) is 3.31. The Bertz CT molecular complexity index is 941. The molecule has 1 saturated heterocycles. The van der Waals surface area contributed by atoms with Crippen molar-refractivity contribution in [3.8, 4) is 0 Å². The predicted molar refractivity (Wildman–Crippen MR) is 89.5 cm³/mol. The third kappa shape index (κ3) is 2.55. The summed E-state index contributed by atoms with van der Waals surface area (Å²) in [7, 11) is 1.58. The third-order valence-corrected chi connectivity index (χ3v) is 4.63. The zero-order valence-corrected chi connectivity index (χ0v) is 13.7. The standard InChI is InChI=1S/C17H17N5O3/c1-20-15(13(8-18-20)17(24)25)16(23)21-7-6-12(10-21)22-9-11-4-2-3-5-14(11)19-22/h2-5,8-9,12H,6-7,10H2,1H3,(H,24,25). The van der Waals surface area contributed by atoms with Crippen LogP contribution in [0, 0.1) is 0 Å². The molecule has 1 fully saturated rings. The number of amides is 1. The first-order chi connectivity index (χ1) is 12.0. The molecule has 128 valence electrons. The summed E-state index contributed by atoms with van der Waals surface area (Å²) in [6.45, 7) is 1.06. The number of carboxylic acids is 1. The Morgan fingerprint density at radius 2 is 2.08 bits per heavy atom. The van der Waals surface area contributed by atoms with Crippen LogP contribution in [0.25, 0.3) is 10.9 Å². The van der Waals surface area contributed by atoms with Gasteiger partial charge in [0.1, 0.15) is 11.3 Å². The SMILES string of the molecule is Cn1ncc(C(=O)O)c1C(=O)N1CCC(n2cc3ccccc3n2)C1. The van der Waals surface area contributed by atoms with Crippen LogP contribution in [-0.4, -0.2) is 54.5 Å². The van der Waals surface area contributed by atoms with E-state index in [1.807, 2.05) is 35.1 Å². The molecule has 1 atom stereocenters. The van der Waals surface area contributed by atoms with Gasteiger partial charge in [0.2, 0.25) is 0 Å². The van der Waals surface area contributed by atoms with Crippen molar-refractivity contribution < 1.29 is 14.7 Å². The molecule has 1 N–H and O–H groups in total. The summed E-state index contributed by atoms with van der Waals surface area (Å²) in [5, 5.41) is 18.8. The molecule has 3 aromatic rings. The highest BCUT2D eigenvalue weighted by atomic mass is 16.4. The van der Waals surface area contributed by atoms with Gasteiger partial charge in [-0.2, -0.15) is 10.2 Å². The molecule has 2 aromatic heterocycles. The van der Waals surface area contributed by atoms with E-state index in [1.54, 1.807) is 11.9 Å². The fraction of sp³-hybridized carbons (Fsp3) is 0.294. The van der Waals surface area contributed by atoms with Crippen LogP contribution in [0.1, 0.15) is 33.3 Å². The first kappa shape index (κ1) is 15.4. The van der Waals surface area contributed by atoms with Gasteiger partial charge in [-0.05, 0) is 12.5 Å². The van der Waals surface area contributed by atoms with Crippen molar-refractivity contribution in [3.05, 3.63) is 47.9 Å². The van der Waals surface area contributed by atoms with Gasteiger partial charge in [0, 0.05) is 31.7 Å². The number of carbonyl (C=O) groups is 2. The fourth-order valence-electron chi connectivity index (χ4n) is 3.31. The van der Waals surface area contributed by atoms with Crippen LogP contribution in [0.15, 0.2) is 36.7 Å². The van der Waals surface area contributed by atoms with Gasteiger partial charge in [0.15, 0.2) is 0 Å². The van der Waals surface area contributed by atoms with Crippen LogP contribution < -0.4 is 0 Å². The number of aromatic nitrogens is 4. The number of nitrogens with zero attached hydrogens (tertiary/aromatic N) is 5. The number of benzene rings is 1. The lowest BCUT2D eigenvalue weighted by atomic mass is 10.2. The molecule has 25 heavy (non-hydrogen) atoms. The van der Waals surface area contributed by atoms with E-state index in [2.05, 4.69) is 10.2 Å². The normalized spacial score (nSPS) is 17.3. The number of fused-ring (bicyclic) bond motifs is 1. The summed E-state index contributed by atoms with van der Waals surface area (Å²) in [4.78, 5) is 25.7. The molecule has 0 bridgehead atoms. The van der Waals surface area contributed by atoms with Crippen molar-refractivity contribution in [2.24, 2.45) is 7.05 Å². The van der Waals surface area contributed by atoms with E-state index < -0.39 is 5.97 Å². The van der Waals surface area contributed by atoms with Crippen LogP contribution in [0.4, 0.5) is 0 Å². The smallest absolute Gasteiger partial charge is 0.339 e. The molecule has 8 heteroatoms. The zero-order chi connectivity index (χ0) is 17.6. The van der Waals surface area contributed by atoms with E-state index in [4.69, 9.17) is 0 Å². The van der Waals surface area contributed by atoms with Gasteiger partial charge >= 0.3 is 5.97 Å². The summed E-state index contributed by atoms with van der Waals surface area (Å²) >= 11 is 0. The Morgan fingerprint density at radius 3 is 2.84 bits per heavy atom. The number of likely N-dealkylation sites (tertiary alicyclic amines) is 1. The van der Waals surface area contributed by atoms with Crippen LogP contribution in [0.5, 0.6) is 0 Å². The molecular weight excluding hydrogens is 322 g/mol. The number of hydrogen-bond acceptors (Lipinski definition) is 4. The Morgan fingerprint density at radius 1 is 1.28 bits per heavy atom. The van der Waals surface area contributed by atoms with Gasteiger partial charge in [-0.3, -0.25) is 14.2 Å². The number of rotatable bonds is 3. The van der Waals surface area contributed by atoms with E-state index in [0.29, 0.717) is 13.1 Å². The Balaban J connectivity index is 1.57. The second-order valence-electron chi connectivity index (χ2n) is 6.20.